The molecule has 0 saturated carbocycles. The van der Waals surface area contributed by atoms with E-state index in [1.165, 1.54) is 24.0 Å². The number of amides is 11. The van der Waals surface area contributed by atoms with Gasteiger partial charge in [-0.3, -0.25) is 72.8 Å². The first-order chi connectivity index (χ1) is 44.2. The van der Waals surface area contributed by atoms with Gasteiger partial charge >= 0.3 is 6.09 Å². The highest BCUT2D eigenvalue weighted by Crippen LogP contribution is 2.37. The molecule has 0 unspecified atom stereocenters. The van der Waals surface area contributed by atoms with Gasteiger partial charge in [0.05, 0.1) is 17.0 Å². The van der Waals surface area contributed by atoms with E-state index in [1.807, 2.05) is 42.1 Å². The first-order valence-corrected chi connectivity index (χ1v) is 30.1. The molecule has 0 bridgehead atoms. The topological polar surface area (TPSA) is 311 Å². The third-order valence-corrected chi connectivity index (χ3v) is 16.6. The fourth-order valence-electron chi connectivity index (χ4n) is 11.6. The summed E-state index contributed by atoms with van der Waals surface area (Å²) in [5.41, 5.74) is 3.69. The van der Waals surface area contributed by atoms with Crippen LogP contribution in [0.25, 0.3) is 21.5 Å². The van der Waals surface area contributed by atoms with Crippen LogP contribution in [-0.4, -0.2) is 204 Å². The maximum atomic E-state index is 14.1. The number of nitro benzene ring substituents is 1. The molecule has 4 aliphatic rings. The third-order valence-electron chi connectivity index (χ3n) is 16.6. The first kappa shape index (κ1) is 64.3. The third kappa shape index (κ3) is 14.6. The van der Waals surface area contributed by atoms with Gasteiger partial charge in [0.1, 0.15) is 18.7 Å². The lowest BCUT2D eigenvalue weighted by atomic mass is 9.92. The summed E-state index contributed by atoms with van der Waals surface area (Å²) in [7, 11) is 3.79. The van der Waals surface area contributed by atoms with Crippen LogP contribution in [0, 0.1) is 10.1 Å². The normalized spacial score (nSPS) is 15.2. The maximum absolute atomic E-state index is 14.1. The Balaban J connectivity index is 0.651. The number of nitro groups is 1. The zero-order valence-electron chi connectivity index (χ0n) is 50.9. The maximum Gasteiger partial charge on any atom is 0.410 e. The van der Waals surface area contributed by atoms with Crippen molar-refractivity contribution in [2.45, 2.75) is 44.9 Å². The average Bonchev–Trinajstić information content (AvgIpc) is 0.959. The van der Waals surface area contributed by atoms with Gasteiger partial charge in [-0.25, -0.2) is 4.79 Å². The number of carbonyl (C=O) groups is 11. The molecule has 4 aliphatic heterocycles. The average molecular weight is 1250 g/mol. The summed E-state index contributed by atoms with van der Waals surface area (Å²) in [6.45, 7) is 4.58. The van der Waals surface area contributed by atoms with Gasteiger partial charge < -0.3 is 45.6 Å². The molecule has 0 spiro atoms. The molecule has 92 heavy (non-hydrogen) atoms. The summed E-state index contributed by atoms with van der Waals surface area (Å²) >= 11 is 0. The van der Waals surface area contributed by atoms with E-state index in [4.69, 9.17) is 4.74 Å². The van der Waals surface area contributed by atoms with Crippen LogP contribution in [0.5, 0.6) is 0 Å². The summed E-state index contributed by atoms with van der Waals surface area (Å²) in [6, 6.07) is 30.0. The largest absolute Gasteiger partial charge is 0.445 e. The molecule has 0 aliphatic carbocycles. The molecule has 10 rings (SSSR count). The number of ether oxygens (including phenoxy) is 1. The fourth-order valence-corrected chi connectivity index (χ4v) is 11.6. The van der Waals surface area contributed by atoms with E-state index in [2.05, 4.69) is 26.2 Å². The number of hydrogen-bond acceptors (Lipinski definition) is 17. The van der Waals surface area contributed by atoms with E-state index >= 15 is 0 Å². The number of imide groups is 3. The second-order valence-electron chi connectivity index (χ2n) is 22.9. The lowest BCUT2D eigenvalue weighted by molar-refractivity contribution is -0.384. The number of nitrogens with zero attached hydrogens (tertiary/aromatic N) is 8. The number of likely N-dealkylation sites (N-methyl/N-ethyl adjacent to an activating group) is 2. The highest BCUT2D eigenvalue weighted by molar-refractivity contribution is 6.27. The second kappa shape index (κ2) is 28.4. The van der Waals surface area contributed by atoms with Crippen LogP contribution in [0.2, 0.25) is 0 Å². The fraction of sp³-hybridized carbons (Fsp3) is 0.318. The molecular weight excluding hydrogens is 1180 g/mol. The van der Waals surface area contributed by atoms with E-state index in [1.54, 1.807) is 89.8 Å². The number of non-ortho nitro benzene ring substituents is 1. The lowest BCUT2D eigenvalue weighted by Crippen LogP contribution is -2.53. The second-order valence-corrected chi connectivity index (χ2v) is 22.9. The van der Waals surface area contributed by atoms with E-state index in [0.29, 0.717) is 103 Å². The van der Waals surface area contributed by atoms with Crippen LogP contribution in [0.4, 0.5) is 21.9 Å². The highest BCUT2D eigenvalue weighted by Gasteiger charge is 2.37. The van der Waals surface area contributed by atoms with Crippen LogP contribution in [0.3, 0.4) is 0 Å². The van der Waals surface area contributed by atoms with Gasteiger partial charge in [0.2, 0.25) is 23.6 Å². The molecule has 2 atom stereocenters. The van der Waals surface area contributed by atoms with Crippen molar-refractivity contribution in [2.24, 2.45) is 0 Å². The summed E-state index contributed by atoms with van der Waals surface area (Å²) in [5, 5.41) is 24.2. The van der Waals surface area contributed by atoms with E-state index in [-0.39, 0.29) is 62.1 Å². The number of piperazine rings is 1. The minimum atomic E-state index is -1.11. The summed E-state index contributed by atoms with van der Waals surface area (Å²) in [4.78, 5) is 166. The zero-order valence-corrected chi connectivity index (χ0v) is 50.9. The molecule has 6 aromatic rings. The van der Waals surface area contributed by atoms with Crippen LogP contribution < -0.4 is 26.2 Å². The minimum Gasteiger partial charge on any atom is -0.445 e. The molecule has 11 amide bonds. The molecule has 0 aromatic heterocycles. The zero-order chi connectivity index (χ0) is 65.3. The summed E-state index contributed by atoms with van der Waals surface area (Å²) in [5.74, 6) is -5.34. The highest BCUT2D eigenvalue weighted by atomic mass is 16.6. The smallest absolute Gasteiger partial charge is 0.410 e. The van der Waals surface area contributed by atoms with Crippen molar-refractivity contribution >= 4 is 104 Å². The van der Waals surface area contributed by atoms with Gasteiger partial charge in [0.15, 0.2) is 0 Å². The number of hydrogen-bond donors (Lipinski definition) is 4. The molecule has 6 aromatic carbocycles. The number of benzene rings is 6. The molecule has 476 valence electrons. The molecule has 26 heteroatoms. The molecular formula is C66H68N12O14. The Hall–Kier alpha value is -10.7. The van der Waals surface area contributed by atoms with Crippen molar-refractivity contribution in [3.05, 3.63) is 171 Å². The molecule has 1 saturated heterocycles. The predicted octanol–water partition coefficient (Wildman–Crippen LogP) is 4.11. The Kier molecular flexibility index (Phi) is 19.8. The van der Waals surface area contributed by atoms with Crippen LogP contribution in [-0.2, 0) is 46.5 Å². The van der Waals surface area contributed by atoms with Crippen molar-refractivity contribution in [1.82, 2.24) is 45.3 Å². The lowest BCUT2D eigenvalue weighted by Gasteiger charge is -2.37. The van der Waals surface area contributed by atoms with Crippen molar-refractivity contribution in [3.8, 4) is 0 Å². The number of rotatable bonds is 26. The Morgan fingerprint density at radius 2 is 1.22 bits per heavy atom. The van der Waals surface area contributed by atoms with Crippen molar-refractivity contribution in [1.29, 1.82) is 0 Å². The van der Waals surface area contributed by atoms with E-state index in [0.717, 1.165) is 38.6 Å². The molecule has 4 heterocycles. The summed E-state index contributed by atoms with van der Waals surface area (Å²) < 4.78 is 5.71. The van der Waals surface area contributed by atoms with Crippen LogP contribution >= 0.6 is 0 Å². The van der Waals surface area contributed by atoms with Gasteiger partial charge in [-0.15, -0.1) is 0 Å². The number of anilines is 2. The minimum absolute atomic E-state index is 0.0579. The standard InChI is InChI=1S/C66H68N12O14/c1-41(68-55(80)39-67-54(79)24-27-75-56(81)22-23-57(75)82)60(83)70-52(36-42-10-5-4-6-11-42)61(84)69-45-18-16-43(17-19-45)40-92-66(89)74-32-30-73(31-33-74)53-21-20-50-59-47(53)13-8-15-49(59)63(86)76(64(50)87)34-28-71(2)25-9-26-72(3)29-35-77-62(85)48-14-7-12-44-37-46(78(90)91)38-51(58(44)48)65(77)88/h4-8,10-23,37-38,41,52H,9,24-36,39-40H2,1-3H3,(H,67,79)(H,68,80)(H,69,84)(H,70,83)/t41-,52-/m0/s1. The molecule has 0 radical (unpaired) electrons. The van der Waals surface area contributed by atoms with Crippen molar-refractivity contribution in [3.63, 3.8) is 0 Å². The quantitative estimate of drug-likeness (QED) is 0.0337. The Bertz CT molecular complexity index is 3940. The van der Waals surface area contributed by atoms with Crippen molar-refractivity contribution in [2.75, 3.05) is 103 Å². The Morgan fingerprint density at radius 3 is 1.86 bits per heavy atom. The predicted molar refractivity (Wildman–Crippen MR) is 337 cm³/mol. The van der Waals surface area contributed by atoms with Crippen molar-refractivity contribution < 1.29 is 62.4 Å². The first-order valence-electron chi connectivity index (χ1n) is 30.1. The molecule has 26 nitrogen and oxygen atoms in total. The Morgan fingerprint density at radius 1 is 0.609 bits per heavy atom. The van der Waals surface area contributed by atoms with Gasteiger partial charge in [0.25, 0.3) is 41.1 Å². The Labute approximate surface area is 528 Å². The SMILES string of the molecule is C[C@H](NC(=O)CNC(=O)CCN1C(=O)C=CC1=O)C(=O)N[C@@H](Cc1ccccc1)C(=O)Nc1ccc(COC(=O)N2CCN(c3ccc4c5c(cccc35)C(=O)N(CCN(C)CCCN(C)CCN3C(=O)c5cccc6cc([N+](=O)[O-])cc(c56)C3=O)C4=O)CC2)cc1. The van der Waals surface area contributed by atoms with Gasteiger partial charge in [-0.1, -0.05) is 66.7 Å². The van der Waals surface area contributed by atoms with Crippen LogP contribution in [0.1, 0.15) is 72.3 Å². The van der Waals surface area contributed by atoms with E-state index in [9.17, 15) is 62.9 Å². The molecule has 4 N–H and O–H groups in total. The monoisotopic (exact) mass is 1250 g/mol. The van der Waals surface area contributed by atoms with Gasteiger partial charge in [-0.05, 0) is 93.4 Å². The van der Waals surface area contributed by atoms with E-state index < -0.39 is 76.9 Å². The van der Waals surface area contributed by atoms with Gasteiger partial charge in [-0.2, -0.15) is 0 Å². The summed E-state index contributed by atoms with van der Waals surface area (Å²) in [6.07, 6.45) is 2.28. The number of nitrogens with one attached hydrogen (secondary N) is 4. The molecule has 1 fully saturated rings. The van der Waals surface area contributed by atoms with Crippen LogP contribution in [0.15, 0.2) is 127 Å². The van der Waals surface area contributed by atoms with Gasteiger partial charge in [0, 0.05) is 140 Å². The number of carbonyl (C=O) groups excluding carboxylic acids is 11.